The molecule has 0 fully saturated rings. The number of aryl methyl sites for hydroxylation is 1. The van der Waals surface area contributed by atoms with Crippen LogP contribution < -0.4 is 19.1 Å². The number of likely N-dealkylation sites (N-methyl/N-ethyl adjacent to an activating group) is 1. The lowest BCUT2D eigenvalue weighted by molar-refractivity contribution is -0.141. The number of hydrogen-bond acceptors (Lipinski definition) is 6. The number of hydrogen-bond donors (Lipinski definition) is 1. The number of nitrogens with zero attached hydrogens (tertiary/aromatic N) is 2. The summed E-state index contributed by atoms with van der Waals surface area (Å²) in [6.07, 6.45) is 1.99. The number of anilines is 1. The summed E-state index contributed by atoms with van der Waals surface area (Å²) in [5, 5.41) is 2.82. The largest absolute Gasteiger partial charge is 0.486 e. The molecule has 0 radical (unpaired) electrons. The maximum absolute atomic E-state index is 13.4. The second-order valence-corrected chi connectivity index (χ2v) is 11.0. The minimum Gasteiger partial charge on any atom is -0.486 e. The van der Waals surface area contributed by atoms with Crippen LogP contribution in [0.15, 0.2) is 42.5 Å². The Morgan fingerprint density at radius 1 is 1.03 bits per heavy atom. The van der Waals surface area contributed by atoms with E-state index in [4.69, 9.17) is 9.47 Å². The topological polar surface area (TPSA) is 105 Å². The van der Waals surface area contributed by atoms with Gasteiger partial charge in [0.15, 0.2) is 11.5 Å². The molecule has 1 aliphatic heterocycles. The van der Waals surface area contributed by atoms with Crippen LogP contribution in [0.3, 0.4) is 0 Å². The summed E-state index contributed by atoms with van der Waals surface area (Å²) < 4.78 is 37.6. The van der Waals surface area contributed by atoms with E-state index in [1.807, 2.05) is 45.0 Å². The number of amides is 2. The van der Waals surface area contributed by atoms with E-state index in [-0.39, 0.29) is 31.2 Å². The molecule has 1 heterocycles. The molecule has 0 aromatic heterocycles. The number of fused-ring (bicyclic) bond motifs is 1. The quantitative estimate of drug-likeness (QED) is 0.451. The molecule has 202 valence electrons. The van der Waals surface area contributed by atoms with E-state index in [0.29, 0.717) is 49.9 Å². The van der Waals surface area contributed by atoms with Gasteiger partial charge in [0.1, 0.15) is 19.3 Å². The van der Waals surface area contributed by atoms with Crippen molar-refractivity contribution in [2.75, 3.05) is 36.9 Å². The zero-order valence-corrected chi connectivity index (χ0v) is 22.8. The van der Waals surface area contributed by atoms with Gasteiger partial charge in [-0.1, -0.05) is 36.8 Å². The van der Waals surface area contributed by atoms with Crippen molar-refractivity contribution in [2.45, 2.75) is 52.6 Å². The maximum atomic E-state index is 13.4. The summed E-state index contributed by atoms with van der Waals surface area (Å²) in [4.78, 5) is 27.8. The standard InChI is InChI=1S/C27H37N3O6S/c1-5-23(27(32)28-6-2)29(19-21-11-9-20(3)10-12-21)26(31)8-7-15-30(37(4,33)34)22-13-14-24-25(18-22)36-17-16-35-24/h9-14,18,23H,5-8,15-17,19H2,1-4H3,(H,28,32)/t23-/m0/s1. The lowest BCUT2D eigenvalue weighted by Crippen LogP contribution is -2.49. The molecule has 0 unspecified atom stereocenters. The Morgan fingerprint density at radius 3 is 2.32 bits per heavy atom. The molecule has 0 saturated heterocycles. The summed E-state index contributed by atoms with van der Waals surface area (Å²) in [6, 6.07) is 12.2. The fraction of sp³-hybridized carbons (Fsp3) is 0.481. The second kappa shape index (κ2) is 12.8. The highest BCUT2D eigenvalue weighted by Crippen LogP contribution is 2.34. The summed E-state index contributed by atoms with van der Waals surface area (Å²) >= 11 is 0. The fourth-order valence-corrected chi connectivity index (χ4v) is 5.25. The summed E-state index contributed by atoms with van der Waals surface area (Å²) in [5.74, 6) is 0.667. The van der Waals surface area contributed by atoms with E-state index in [0.717, 1.165) is 17.4 Å². The molecule has 3 rings (SSSR count). The Morgan fingerprint density at radius 2 is 1.70 bits per heavy atom. The third-order valence-corrected chi connectivity index (χ3v) is 7.37. The normalized spacial score (nSPS) is 13.5. The number of rotatable bonds is 12. The van der Waals surface area contributed by atoms with E-state index in [1.54, 1.807) is 23.1 Å². The molecule has 0 spiro atoms. The smallest absolute Gasteiger partial charge is 0.242 e. The third-order valence-electron chi connectivity index (χ3n) is 6.18. The second-order valence-electron chi connectivity index (χ2n) is 9.09. The molecule has 1 aliphatic rings. The van der Waals surface area contributed by atoms with E-state index >= 15 is 0 Å². The minimum absolute atomic E-state index is 0.0956. The third kappa shape index (κ3) is 7.61. The monoisotopic (exact) mass is 531 g/mol. The van der Waals surface area contributed by atoms with Crippen molar-refractivity contribution in [1.29, 1.82) is 0 Å². The van der Waals surface area contributed by atoms with Gasteiger partial charge in [0.2, 0.25) is 21.8 Å². The fourth-order valence-electron chi connectivity index (χ4n) is 4.29. The van der Waals surface area contributed by atoms with Gasteiger partial charge in [-0.2, -0.15) is 0 Å². The lowest BCUT2D eigenvalue weighted by atomic mass is 10.1. The van der Waals surface area contributed by atoms with Gasteiger partial charge < -0.3 is 19.7 Å². The molecule has 9 nitrogen and oxygen atoms in total. The van der Waals surface area contributed by atoms with Gasteiger partial charge in [0.05, 0.1) is 11.9 Å². The highest BCUT2D eigenvalue weighted by molar-refractivity contribution is 7.92. The number of nitrogens with one attached hydrogen (secondary N) is 1. The number of sulfonamides is 1. The van der Waals surface area contributed by atoms with Crippen molar-refractivity contribution in [3.8, 4) is 11.5 Å². The molecule has 0 aliphatic carbocycles. The van der Waals surface area contributed by atoms with Crippen LogP contribution in [0, 0.1) is 6.92 Å². The van der Waals surface area contributed by atoms with Crippen molar-refractivity contribution >= 4 is 27.5 Å². The van der Waals surface area contributed by atoms with Crippen LogP contribution >= 0.6 is 0 Å². The molecule has 2 aromatic rings. The Kier molecular flexibility index (Phi) is 9.79. The van der Waals surface area contributed by atoms with Crippen LogP contribution in [-0.2, 0) is 26.2 Å². The van der Waals surface area contributed by atoms with Gasteiger partial charge in [-0.15, -0.1) is 0 Å². The van der Waals surface area contributed by atoms with Crippen LogP contribution in [0.5, 0.6) is 11.5 Å². The number of ether oxygens (including phenoxy) is 2. The molecule has 2 amide bonds. The van der Waals surface area contributed by atoms with Crippen LogP contribution in [0.2, 0.25) is 0 Å². The molecule has 0 bridgehead atoms. The van der Waals surface area contributed by atoms with Crippen LogP contribution in [0.25, 0.3) is 0 Å². The Labute approximate surface area is 219 Å². The minimum atomic E-state index is -3.61. The van der Waals surface area contributed by atoms with Crippen LogP contribution in [0.4, 0.5) is 5.69 Å². The Balaban J connectivity index is 1.75. The lowest BCUT2D eigenvalue weighted by Gasteiger charge is -2.31. The van der Waals surface area contributed by atoms with E-state index in [9.17, 15) is 18.0 Å². The number of carbonyl (C=O) groups excluding carboxylic acids is 2. The van der Waals surface area contributed by atoms with E-state index < -0.39 is 16.1 Å². The highest BCUT2D eigenvalue weighted by atomic mass is 32.2. The molecule has 2 aromatic carbocycles. The molecule has 1 atom stereocenters. The zero-order chi connectivity index (χ0) is 27.0. The number of benzene rings is 2. The van der Waals surface area contributed by atoms with Crippen molar-refractivity contribution < 1.29 is 27.5 Å². The predicted molar refractivity (Wildman–Crippen MR) is 143 cm³/mol. The first-order valence-corrected chi connectivity index (χ1v) is 14.5. The van der Waals surface area contributed by atoms with Crippen LogP contribution in [0.1, 0.15) is 44.2 Å². The molecule has 37 heavy (non-hydrogen) atoms. The molecule has 0 saturated carbocycles. The first-order valence-electron chi connectivity index (χ1n) is 12.6. The van der Waals surface area contributed by atoms with E-state index in [2.05, 4.69) is 5.32 Å². The predicted octanol–water partition coefficient (Wildman–Crippen LogP) is 3.26. The van der Waals surface area contributed by atoms with E-state index in [1.165, 1.54) is 4.31 Å². The van der Waals surface area contributed by atoms with Gasteiger partial charge in [0, 0.05) is 32.1 Å². The van der Waals surface area contributed by atoms with Crippen molar-refractivity contribution in [2.24, 2.45) is 0 Å². The van der Waals surface area contributed by atoms with Crippen molar-refractivity contribution in [3.05, 3.63) is 53.6 Å². The summed E-state index contributed by atoms with van der Waals surface area (Å²) in [5.41, 5.74) is 2.48. The first-order chi connectivity index (χ1) is 17.6. The van der Waals surface area contributed by atoms with Gasteiger partial charge in [-0.05, 0) is 44.4 Å². The van der Waals surface area contributed by atoms with Gasteiger partial charge in [0.25, 0.3) is 0 Å². The zero-order valence-electron chi connectivity index (χ0n) is 22.0. The van der Waals surface area contributed by atoms with Gasteiger partial charge in [-0.25, -0.2) is 8.42 Å². The van der Waals surface area contributed by atoms with Crippen molar-refractivity contribution in [1.82, 2.24) is 10.2 Å². The van der Waals surface area contributed by atoms with Gasteiger partial charge >= 0.3 is 0 Å². The van der Waals surface area contributed by atoms with Gasteiger partial charge in [-0.3, -0.25) is 13.9 Å². The Bertz CT molecular complexity index is 1180. The molecular weight excluding hydrogens is 494 g/mol. The Hall–Kier alpha value is -3.27. The first kappa shape index (κ1) is 28.3. The molecular formula is C27H37N3O6S. The maximum Gasteiger partial charge on any atom is 0.242 e. The van der Waals surface area contributed by atoms with Crippen LogP contribution in [-0.4, -0.2) is 63.7 Å². The average molecular weight is 532 g/mol. The molecule has 10 heteroatoms. The summed E-state index contributed by atoms with van der Waals surface area (Å²) in [6.45, 7) is 7.43. The SMILES string of the molecule is CCNC(=O)[C@H](CC)N(Cc1ccc(C)cc1)C(=O)CCCN(c1ccc2c(c1)OCCO2)S(C)(=O)=O. The summed E-state index contributed by atoms with van der Waals surface area (Å²) in [7, 11) is -3.61. The molecule has 1 N–H and O–H groups in total. The highest BCUT2D eigenvalue weighted by Gasteiger charge is 2.28. The average Bonchev–Trinajstić information content (AvgIpc) is 2.86. The van der Waals surface area contributed by atoms with Crippen molar-refractivity contribution in [3.63, 3.8) is 0 Å². The number of carbonyl (C=O) groups is 2.